The fourth-order valence-corrected chi connectivity index (χ4v) is 3.04. The van der Waals surface area contributed by atoms with Gasteiger partial charge in [0.05, 0.1) is 23.2 Å². The van der Waals surface area contributed by atoms with E-state index in [1.807, 2.05) is 13.8 Å². The summed E-state index contributed by atoms with van der Waals surface area (Å²) in [6, 6.07) is 5.27. The molecular weight excluding hydrogens is 364 g/mol. The van der Waals surface area contributed by atoms with Gasteiger partial charge in [0.1, 0.15) is 12.7 Å². The second-order valence-corrected chi connectivity index (χ2v) is 6.72. The molecule has 3 rings (SSSR count). The van der Waals surface area contributed by atoms with Crippen LogP contribution < -0.4 is 5.32 Å². The lowest BCUT2D eigenvalue weighted by molar-refractivity contribution is -0.113. The molecule has 0 fully saturated rings. The smallest absolute Gasteiger partial charge is 0.234 e. The minimum atomic E-state index is -0.202. The first kappa shape index (κ1) is 17.4. The Labute approximate surface area is 152 Å². The molecule has 0 unspecified atom stereocenters. The predicted molar refractivity (Wildman–Crippen MR) is 93.9 cm³/mol. The summed E-state index contributed by atoms with van der Waals surface area (Å²) in [7, 11) is 0. The third kappa shape index (κ3) is 4.15. The van der Waals surface area contributed by atoms with Crippen LogP contribution in [0.4, 0.5) is 5.69 Å². The van der Waals surface area contributed by atoms with Gasteiger partial charge < -0.3 is 5.32 Å². The molecule has 0 radical (unpaired) electrons. The van der Waals surface area contributed by atoms with E-state index in [1.165, 1.54) is 18.1 Å². The van der Waals surface area contributed by atoms with E-state index in [0.717, 1.165) is 0 Å². The van der Waals surface area contributed by atoms with E-state index in [2.05, 4.69) is 30.9 Å². The number of halogens is 1. The Morgan fingerprint density at radius 1 is 1.40 bits per heavy atom. The third-order valence-corrected chi connectivity index (χ3v) is 4.35. The molecule has 0 atom stereocenters. The van der Waals surface area contributed by atoms with Gasteiger partial charge in [0, 0.05) is 5.02 Å². The minimum absolute atomic E-state index is 0.118. The first-order valence-electron chi connectivity index (χ1n) is 7.39. The molecule has 0 aliphatic carbocycles. The summed E-state index contributed by atoms with van der Waals surface area (Å²) in [5, 5.41) is 19.5. The van der Waals surface area contributed by atoms with Crippen LogP contribution in [-0.4, -0.2) is 46.6 Å². The Kier molecular flexibility index (Phi) is 5.29. The highest BCUT2D eigenvalue weighted by Gasteiger charge is 2.14. The molecule has 130 valence electrons. The summed E-state index contributed by atoms with van der Waals surface area (Å²) in [4.78, 5) is 16.2. The van der Waals surface area contributed by atoms with E-state index in [4.69, 9.17) is 11.6 Å². The largest absolute Gasteiger partial charge is 0.323 e. The molecule has 0 saturated carbocycles. The standard InChI is InChI=1S/C14H15ClN8OS/c1-9(2)23-14(19-20-21-23)25-6-13(24)18-11-5-10(15)3-4-12(11)22-8-16-7-17-22/h3-5,7-9H,6H2,1-2H3,(H,18,24). The fraction of sp³-hybridized carbons (Fsp3) is 0.286. The highest BCUT2D eigenvalue weighted by atomic mass is 35.5. The molecule has 3 aromatic rings. The monoisotopic (exact) mass is 378 g/mol. The lowest BCUT2D eigenvalue weighted by Gasteiger charge is -2.11. The molecule has 2 aromatic heterocycles. The highest BCUT2D eigenvalue weighted by Crippen LogP contribution is 2.24. The number of carbonyl (C=O) groups is 1. The van der Waals surface area contributed by atoms with Crippen molar-refractivity contribution in [3.63, 3.8) is 0 Å². The molecule has 1 amide bonds. The van der Waals surface area contributed by atoms with E-state index >= 15 is 0 Å². The van der Waals surface area contributed by atoms with Gasteiger partial charge in [-0.2, -0.15) is 5.10 Å². The zero-order chi connectivity index (χ0) is 17.8. The van der Waals surface area contributed by atoms with Crippen LogP contribution in [0.5, 0.6) is 0 Å². The van der Waals surface area contributed by atoms with Crippen LogP contribution >= 0.6 is 23.4 Å². The van der Waals surface area contributed by atoms with Gasteiger partial charge in [0.15, 0.2) is 0 Å². The topological polar surface area (TPSA) is 103 Å². The second-order valence-electron chi connectivity index (χ2n) is 5.34. The van der Waals surface area contributed by atoms with Crippen LogP contribution in [0.15, 0.2) is 36.0 Å². The maximum atomic E-state index is 12.3. The summed E-state index contributed by atoms with van der Waals surface area (Å²) in [6.45, 7) is 3.94. The van der Waals surface area contributed by atoms with Crippen LogP contribution in [0, 0.1) is 0 Å². The number of carbonyl (C=O) groups excluding carboxylic acids is 1. The number of benzene rings is 1. The summed E-state index contributed by atoms with van der Waals surface area (Å²) in [6.07, 6.45) is 2.96. The number of hydrogen-bond donors (Lipinski definition) is 1. The van der Waals surface area contributed by atoms with Gasteiger partial charge >= 0.3 is 0 Å². The molecule has 0 bridgehead atoms. The minimum Gasteiger partial charge on any atom is -0.323 e. The molecule has 1 N–H and O–H groups in total. The normalized spacial score (nSPS) is 11.0. The summed E-state index contributed by atoms with van der Waals surface area (Å²) >= 11 is 7.31. The molecule has 0 saturated heterocycles. The Bertz CT molecular complexity index is 864. The van der Waals surface area contributed by atoms with Crippen LogP contribution in [0.25, 0.3) is 5.69 Å². The van der Waals surface area contributed by atoms with Crippen molar-refractivity contribution in [3.8, 4) is 5.69 Å². The van der Waals surface area contributed by atoms with Gasteiger partial charge in [0.25, 0.3) is 0 Å². The number of aromatic nitrogens is 7. The number of amides is 1. The SMILES string of the molecule is CC(C)n1nnnc1SCC(=O)Nc1cc(Cl)ccc1-n1cncn1. The third-order valence-electron chi connectivity index (χ3n) is 3.18. The van der Waals surface area contributed by atoms with E-state index in [-0.39, 0.29) is 17.7 Å². The number of anilines is 1. The van der Waals surface area contributed by atoms with Gasteiger partial charge in [-0.25, -0.2) is 14.3 Å². The molecule has 11 heteroatoms. The Balaban J connectivity index is 1.71. The van der Waals surface area contributed by atoms with Crippen LogP contribution in [-0.2, 0) is 4.79 Å². The molecule has 0 aliphatic heterocycles. The lowest BCUT2D eigenvalue weighted by atomic mass is 10.2. The second kappa shape index (κ2) is 7.62. The quantitative estimate of drug-likeness (QED) is 0.656. The fourth-order valence-electron chi connectivity index (χ4n) is 2.06. The van der Waals surface area contributed by atoms with Gasteiger partial charge in [-0.3, -0.25) is 4.79 Å². The van der Waals surface area contributed by atoms with Crippen LogP contribution in [0.3, 0.4) is 0 Å². The number of rotatable bonds is 6. The zero-order valence-corrected chi connectivity index (χ0v) is 15.1. The van der Waals surface area contributed by atoms with Gasteiger partial charge in [-0.1, -0.05) is 23.4 Å². The van der Waals surface area contributed by atoms with Crippen molar-refractivity contribution in [2.75, 3.05) is 11.1 Å². The van der Waals surface area contributed by atoms with Crippen LogP contribution in [0.1, 0.15) is 19.9 Å². The van der Waals surface area contributed by atoms with Gasteiger partial charge in [0.2, 0.25) is 11.1 Å². The van der Waals surface area contributed by atoms with E-state index in [9.17, 15) is 4.79 Å². The van der Waals surface area contributed by atoms with Crippen molar-refractivity contribution >= 4 is 35.0 Å². The predicted octanol–water partition coefficient (Wildman–Crippen LogP) is 2.22. The molecule has 2 heterocycles. The van der Waals surface area contributed by atoms with Gasteiger partial charge in [-0.15, -0.1) is 5.10 Å². The van der Waals surface area contributed by atoms with Crippen molar-refractivity contribution < 1.29 is 4.79 Å². The molecule has 1 aromatic carbocycles. The number of tetrazole rings is 1. The summed E-state index contributed by atoms with van der Waals surface area (Å²) in [5.41, 5.74) is 1.22. The van der Waals surface area contributed by atoms with E-state index < -0.39 is 0 Å². The molecule has 0 aliphatic rings. The Morgan fingerprint density at radius 2 is 2.24 bits per heavy atom. The Hall–Kier alpha value is -2.46. The highest BCUT2D eigenvalue weighted by molar-refractivity contribution is 7.99. The van der Waals surface area contributed by atoms with Crippen LogP contribution in [0.2, 0.25) is 5.02 Å². The summed E-state index contributed by atoms with van der Waals surface area (Å²) < 4.78 is 3.22. The van der Waals surface area contributed by atoms with Crippen molar-refractivity contribution in [3.05, 3.63) is 35.9 Å². The Morgan fingerprint density at radius 3 is 2.96 bits per heavy atom. The van der Waals surface area contributed by atoms with Crippen molar-refractivity contribution in [1.29, 1.82) is 0 Å². The number of thioether (sulfide) groups is 1. The van der Waals surface area contributed by atoms with Crippen molar-refractivity contribution in [1.82, 2.24) is 35.0 Å². The maximum Gasteiger partial charge on any atom is 0.234 e. The van der Waals surface area contributed by atoms with Crippen molar-refractivity contribution in [2.45, 2.75) is 25.0 Å². The molecule has 0 spiro atoms. The molecule has 9 nitrogen and oxygen atoms in total. The first-order valence-corrected chi connectivity index (χ1v) is 8.76. The van der Waals surface area contributed by atoms with Crippen molar-refractivity contribution in [2.24, 2.45) is 0 Å². The maximum absolute atomic E-state index is 12.3. The number of nitrogens with one attached hydrogen (secondary N) is 1. The average molecular weight is 379 g/mol. The first-order chi connectivity index (χ1) is 12.0. The average Bonchev–Trinajstić information content (AvgIpc) is 3.24. The summed E-state index contributed by atoms with van der Waals surface area (Å²) in [5.74, 6) is -0.0388. The molecular formula is C14H15ClN8OS. The lowest BCUT2D eigenvalue weighted by Crippen LogP contribution is -2.16. The van der Waals surface area contributed by atoms with E-state index in [0.29, 0.717) is 21.6 Å². The number of hydrogen-bond acceptors (Lipinski definition) is 7. The van der Waals surface area contributed by atoms with E-state index in [1.54, 1.807) is 33.9 Å². The zero-order valence-electron chi connectivity index (χ0n) is 13.5. The molecule has 25 heavy (non-hydrogen) atoms. The number of nitrogens with zero attached hydrogens (tertiary/aromatic N) is 7. The van der Waals surface area contributed by atoms with Gasteiger partial charge in [-0.05, 0) is 42.5 Å².